The molecule has 0 saturated carbocycles. The Morgan fingerprint density at radius 3 is 2.04 bits per heavy atom. The van der Waals surface area contributed by atoms with Crippen LogP contribution >= 0.6 is 0 Å². The van der Waals surface area contributed by atoms with Crippen LogP contribution in [0.25, 0.3) is 0 Å². The summed E-state index contributed by atoms with van der Waals surface area (Å²) in [6, 6.07) is 21.8. The zero-order chi connectivity index (χ0) is 18.4. The van der Waals surface area contributed by atoms with E-state index in [1.165, 1.54) is 14.2 Å². The van der Waals surface area contributed by atoms with Gasteiger partial charge in [0.25, 0.3) is 5.91 Å². The Labute approximate surface area is 152 Å². The van der Waals surface area contributed by atoms with Gasteiger partial charge in [0, 0.05) is 11.8 Å². The second-order valence-corrected chi connectivity index (χ2v) is 5.43. The van der Waals surface area contributed by atoms with Crippen molar-refractivity contribution in [3.8, 4) is 23.0 Å². The first-order valence-corrected chi connectivity index (χ1v) is 8.06. The van der Waals surface area contributed by atoms with Gasteiger partial charge >= 0.3 is 0 Å². The molecule has 5 heteroatoms. The minimum Gasteiger partial charge on any atom is -0.496 e. The van der Waals surface area contributed by atoms with Crippen LogP contribution in [0, 0.1) is 0 Å². The molecule has 1 amide bonds. The minimum atomic E-state index is -0.323. The number of nitrogens with one attached hydrogen (secondary N) is 1. The zero-order valence-corrected chi connectivity index (χ0v) is 14.6. The molecule has 0 heterocycles. The molecular weight excluding hydrogens is 330 g/mol. The second-order valence-electron chi connectivity index (χ2n) is 5.43. The highest BCUT2D eigenvalue weighted by Crippen LogP contribution is 2.30. The van der Waals surface area contributed by atoms with Crippen LogP contribution in [0.15, 0.2) is 72.8 Å². The van der Waals surface area contributed by atoms with Crippen LogP contribution in [-0.2, 0) is 0 Å². The summed E-state index contributed by atoms with van der Waals surface area (Å²) in [5, 5.41) is 2.85. The smallest absolute Gasteiger partial charge is 0.263 e. The third-order valence-electron chi connectivity index (χ3n) is 3.73. The van der Waals surface area contributed by atoms with Crippen molar-refractivity contribution in [1.82, 2.24) is 0 Å². The quantitative estimate of drug-likeness (QED) is 0.698. The molecule has 26 heavy (non-hydrogen) atoms. The van der Waals surface area contributed by atoms with Gasteiger partial charge in [-0.2, -0.15) is 0 Å². The van der Waals surface area contributed by atoms with Crippen molar-refractivity contribution >= 4 is 11.6 Å². The Kier molecular flexibility index (Phi) is 5.39. The molecule has 0 aliphatic carbocycles. The summed E-state index contributed by atoms with van der Waals surface area (Å²) in [5.74, 6) is 1.91. The highest BCUT2D eigenvalue weighted by atomic mass is 16.5. The molecule has 0 radical (unpaired) electrons. The normalized spacial score (nSPS) is 10.1. The van der Waals surface area contributed by atoms with Gasteiger partial charge in [-0.1, -0.05) is 30.3 Å². The van der Waals surface area contributed by atoms with E-state index in [1.807, 2.05) is 42.5 Å². The zero-order valence-electron chi connectivity index (χ0n) is 14.6. The number of hydrogen-bond acceptors (Lipinski definition) is 4. The third kappa shape index (κ3) is 3.95. The van der Waals surface area contributed by atoms with Crippen LogP contribution in [0.4, 0.5) is 5.69 Å². The van der Waals surface area contributed by atoms with E-state index in [2.05, 4.69) is 5.32 Å². The maximum absolute atomic E-state index is 12.7. The molecule has 0 bridgehead atoms. The Balaban J connectivity index is 1.81. The van der Waals surface area contributed by atoms with E-state index in [0.717, 1.165) is 5.75 Å². The predicted molar refractivity (Wildman–Crippen MR) is 100 cm³/mol. The molecule has 132 valence electrons. The molecular formula is C21H19NO4. The van der Waals surface area contributed by atoms with Crippen molar-refractivity contribution < 1.29 is 19.0 Å². The van der Waals surface area contributed by atoms with Crippen molar-refractivity contribution in [2.45, 2.75) is 0 Å². The van der Waals surface area contributed by atoms with Gasteiger partial charge in [-0.05, 0) is 36.4 Å². The van der Waals surface area contributed by atoms with Crippen molar-refractivity contribution in [1.29, 1.82) is 0 Å². The van der Waals surface area contributed by atoms with Gasteiger partial charge in [-0.25, -0.2) is 0 Å². The van der Waals surface area contributed by atoms with E-state index >= 15 is 0 Å². The van der Waals surface area contributed by atoms with Crippen LogP contribution < -0.4 is 19.5 Å². The molecule has 3 aromatic carbocycles. The van der Waals surface area contributed by atoms with Crippen molar-refractivity contribution in [2.75, 3.05) is 19.5 Å². The number of para-hydroxylation sites is 1. The summed E-state index contributed by atoms with van der Waals surface area (Å²) < 4.78 is 16.4. The monoisotopic (exact) mass is 349 g/mol. The van der Waals surface area contributed by atoms with E-state index in [9.17, 15) is 4.79 Å². The Morgan fingerprint density at radius 2 is 1.38 bits per heavy atom. The summed E-state index contributed by atoms with van der Waals surface area (Å²) in [5.41, 5.74) is 0.947. The van der Waals surface area contributed by atoms with E-state index < -0.39 is 0 Å². The molecule has 0 saturated heterocycles. The summed E-state index contributed by atoms with van der Waals surface area (Å²) >= 11 is 0. The molecule has 3 rings (SSSR count). The van der Waals surface area contributed by atoms with Gasteiger partial charge in [0.15, 0.2) is 0 Å². The Hall–Kier alpha value is -3.47. The molecule has 5 nitrogen and oxygen atoms in total. The van der Waals surface area contributed by atoms with Gasteiger partial charge in [0.2, 0.25) is 0 Å². The number of rotatable bonds is 6. The largest absolute Gasteiger partial charge is 0.496 e. The lowest BCUT2D eigenvalue weighted by Gasteiger charge is -2.13. The molecule has 0 aliphatic rings. The molecule has 1 N–H and O–H groups in total. The number of benzene rings is 3. The first kappa shape index (κ1) is 17.4. The second kappa shape index (κ2) is 8.07. The number of ether oxygens (including phenoxy) is 3. The van der Waals surface area contributed by atoms with E-state index in [0.29, 0.717) is 28.5 Å². The topological polar surface area (TPSA) is 56.8 Å². The first-order chi connectivity index (χ1) is 12.7. The standard InChI is InChI=1S/C21H19NO4/c1-24-18-12-7-13-19(25-2)20(18)21(23)22-15-8-6-11-17(14-15)26-16-9-4-3-5-10-16/h3-14H,1-2H3,(H,22,23). The van der Waals surface area contributed by atoms with Gasteiger partial charge in [0.1, 0.15) is 28.6 Å². The van der Waals surface area contributed by atoms with Crippen LogP contribution in [0.3, 0.4) is 0 Å². The molecule has 0 atom stereocenters. The number of hydrogen-bond donors (Lipinski definition) is 1. The third-order valence-corrected chi connectivity index (χ3v) is 3.73. The van der Waals surface area contributed by atoms with E-state index in [1.54, 1.807) is 30.3 Å². The molecule has 0 aliphatic heterocycles. The van der Waals surface area contributed by atoms with Gasteiger partial charge < -0.3 is 19.5 Å². The van der Waals surface area contributed by atoms with Crippen LogP contribution in [0.2, 0.25) is 0 Å². The van der Waals surface area contributed by atoms with Crippen molar-refractivity contribution in [3.05, 3.63) is 78.4 Å². The highest BCUT2D eigenvalue weighted by molar-refractivity contribution is 6.08. The average molecular weight is 349 g/mol. The van der Waals surface area contributed by atoms with Crippen LogP contribution in [-0.4, -0.2) is 20.1 Å². The Bertz CT molecular complexity index is 871. The molecule has 3 aromatic rings. The lowest BCUT2D eigenvalue weighted by Crippen LogP contribution is -2.14. The fourth-order valence-corrected chi connectivity index (χ4v) is 2.53. The van der Waals surface area contributed by atoms with Crippen LogP contribution in [0.1, 0.15) is 10.4 Å². The average Bonchev–Trinajstić information content (AvgIpc) is 2.68. The number of carbonyl (C=O) groups is 1. The number of anilines is 1. The Morgan fingerprint density at radius 1 is 0.769 bits per heavy atom. The van der Waals surface area contributed by atoms with Crippen LogP contribution in [0.5, 0.6) is 23.0 Å². The lowest BCUT2D eigenvalue weighted by atomic mass is 10.1. The fraction of sp³-hybridized carbons (Fsp3) is 0.0952. The van der Waals surface area contributed by atoms with Crippen molar-refractivity contribution in [3.63, 3.8) is 0 Å². The minimum absolute atomic E-state index is 0.323. The SMILES string of the molecule is COc1cccc(OC)c1C(=O)Nc1cccc(Oc2ccccc2)c1. The number of methoxy groups -OCH3 is 2. The van der Waals surface area contributed by atoms with Gasteiger partial charge in [-0.15, -0.1) is 0 Å². The number of carbonyl (C=O) groups excluding carboxylic acids is 1. The van der Waals surface area contributed by atoms with Gasteiger partial charge in [0.05, 0.1) is 14.2 Å². The molecule has 0 spiro atoms. The van der Waals surface area contributed by atoms with E-state index in [-0.39, 0.29) is 5.91 Å². The van der Waals surface area contributed by atoms with Crippen molar-refractivity contribution in [2.24, 2.45) is 0 Å². The molecule has 0 unspecified atom stereocenters. The first-order valence-electron chi connectivity index (χ1n) is 8.06. The predicted octanol–water partition coefficient (Wildman–Crippen LogP) is 4.75. The fourth-order valence-electron chi connectivity index (χ4n) is 2.53. The summed E-state index contributed by atoms with van der Waals surface area (Å²) in [6.07, 6.45) is 0. The van der Waals surface area contributed by atoms with E-state index in [4.69, 9.17) is 14.2 Å². The summed E-state index contributed by atoms with van der Waals surface area (Å²) in [6.45, 7) is 0. The molecule has 0 aromatic heterocycles. The lowest BCUT2D eigenvalue weighted by molar-refractivity contribution is 0.102. The summed E-state index contributed by atoms with van der Waals surface area (Å²) in [4.78, 5) is 12.7. The maximum atomic E-state index is 12.7. The molecule has 0 fully saturated rings. The van der Waals surface area contributed by atoms with Gasteiger partial charge in [-0.3, -0.25) is 4.79 Å². The maximum Gasteiger partial charge on any atom is 0.263 e. The highest BCUT2D eigenvalue weighted by Gasteiger charge is 2.18. The summed E-state index contributed by atoms with van der Waals surface area (Å²) in [7, 11) is 3.03. The number of amides is 1.